The molecule has 31 heavy (non-hydrogen) atoms. The Morgan fingerprint density at radius 3 is 2.03 bits per heavy atom. The van der Waals surface area contributed by atoms with Crippen LogP contribution in [0, 0.1) is 0 Å². The van der Waals surface area contributed by atoms with Crippen LogP contribution in [0.1, 0.15) is 24.0 Å². The highest BCUT2D eigenvalue weighted by atomic mass is 19.4. The molecule has 2 heterocycles. The van der Waals surface area contributed by atoms with Crippen molar-refractivity contribution in [1.29, 1.82) is 0 Å². The van der Waals surface area contributed by atoms with Crippen LogP contribution >= 0.6 is 0 Å². The second-order valence-electron chi connectivity index (χ2n) is 6.40. The predicted molar refractivity (Wildman–Crippen MR) is 92.8 cm³/mol. The number of hydrogen-bond acceptors (Lipinski definition) is 5. The van der Waals surface area contributed by atoms with E-state index in [2.05, 4.69) is 10.1 Å². The predicted octanol–water partition coefficient (Wildman–Crippen LogP) is 3.04. The number of fused-ring (bicyclic) bond motifs is 1. The SMILES string of the molecule is O=C(O)CCC(O)=c1c(=O)cc(-c2cc(C(F)(F)F)cc(C(F)(F)F)c2)c2ncnn12. The normalized spacial score (nSPS) is 13.5. The highest BCUT2D eigenvalue weighted by molar-refractivity contribution is 5.78. The van der Waals surface area contributed by atoms with Crippen molar-refractivity contribution in [3.8, 4) is 11.1 Å². The number of carbonyl (C=O) groups is 1. The highest BCUT2D eigenvalue weighted by Crippen LogP contribution is 2.38. The zero-order valence-corrected chi connectivity index (χ0v) is 15.1. The Hall–Kier alpha value is -3.64. The first-order chi connectivity index (χ1) is 14.3. The van der Waals surface area contributed by atoms with Crippen LogP contribution in [0.25, 0.3) is 22.5 Å². The van der Waals surface area contributed by atoms with E-state index in [-0.39, 0.29) is 17.3 Å². The van der Waals surface area contributed by atoms with Gasteiger partial charge in [0, 0.05) is 12.0 Å². The Morgan fingerprint density at radius 2 is 1.52 bits per heavy atom. The molecule has 0 aliphatic rings. The van der Waals surface area contributed by atoms with Crippen LogP contribution in [0.3, 0.4) is 0 Å². The fraction of sp³-hybridized carbons (Fsp3) is 0.222. The summed E-state index contributed by atoms with van der Waals surface area (Å²) in [6, 6.07) is 1.53. The molecule has 0 aliphatic heterocycles. The fourth-order valence-corrected chi connectivity index (χ4v) is 2.89. The Balaban J connectivity index is 2.32. The third-order valence-electron chi connectivity index (χ3n) is 4.26. The van der Waals surface area contributed by atoms with E-state index in [1.165, 1.54) is 0 Å². The summed E-state index contributed by atoms with van der Waals surface area (Å²) in [5.74, 6) is -1.94. The molecular formula is C18H11F6N3O4. The summed E-state index contributed by atoms with van der Waals surface area (Å²) in [5.41, 5.74) is -5.43. The Kier molecular flexibility index (Phi) is 5.38. The topological polar surface area (TPSA) is 105 Å². The van der Waals surface area contributed by atoms with Gasteiger partial charge in [-0.2, -0.15) is 31.4 Å². The minimum absolute atomic E-state index is 0.0531. The summed E-state index contributed by atoms with van der Waals surface area (Å²) in [5, 5.41) is 22.0. The molecule has 164 valence electrons. The van der Waals surface area contributed by atoms with Gasteiger partial charge in [-0.3, -0.25) is 9.59 Å². The first-order valence-corrected chi connectivity index (χ1v) is 8.39. The van der Waals surface area contributed by atoms with Crippen molar-refractivity contribution in [1.82, 2.24) is 14.6 Å². The second-order valence-corrected chi connectivity index (χ2v) is 6.40. The molecule has 0 bridgehead atoms. The Bertz CT molecular complexity index is 1250. The van der Waals surface area contributed by atoms with Crippen molar-refractivity contribution in [2.75, 3.05) is 0 Å². The largest absolute Gasteiger partial charge is 0.510 e. The number of halogens is 6. The molecule has 0 saturated heterocycles. The molecule has 3 aromatic rings. The molecule has 0 aliphatic carbocycles. The number of nitrogens with zero attached hydrogens (tertiary/aromatic N) is 3. The van der Waals surface area contributed by atoms with Crippen LogP contribution < -0.4 is 10.8 Å². The lowest BCUT2D eigenvalue weighted by Crippen LogP contribution is -2.34. The number of aliphatic carboxylic acids is 1. The third kappa shape index (κ3) is 4.44. The van der Waals surface area contributed by atoms with Crippen LogP contribution in [-0.2, 0) is 17.1 Å². The number of carboxylic acid groups (broad SMARTS) is 1. The molecule has 2 aromatic heterocycles. The lowest BCUT2D eigenvalue weighted by Gasteiger charge is -2.14. The third-order valence-corrected chi connectivity index (χ3v) is 4.26. The van der Waals surface area contributed by atoms with Crippen LogP contribution in [0.5, 0.6) is 0 Å². The molecule has 0 saturated carbocycles. The summed E-state index contributed by atoms with van der Waals surface area (Å²) in [6.45, 7) is 0. The van der Waals surface area contributed by atoms with Gasteiger partial charge in [-0.05, 0) is 29.8 Å². The first kappa shape index (κ1) is 22.1. The van der Waals surface area contributed by atoms with Gasteiger partial charge in [0.05, 0.1) is 17.5 Å². The molecule has 0 atom stereocenters. The molecule has 0 unspecified atom stereocenters. The summed E-state index contributed by atoms with van der Waals surface area (Å²) in [4.78, 5) is 27.0. The van der Waals surface area contributed by atoms with E-state index in [9.17, 15) is 41.0 Å². The van der Waals surface area contributed by atoms with Gasteiger partial charge in [0.2, 0.25) is 5.43 Å². The number of aromatic nitrogens is 3. The summed E-state index contributed by atoms with van der Waals surface area (Å²) in [6.07, 6.45) is -10.3. The molecule has 7 nitrogen and oxygen atoms in total. The maximum atomic E-state index is 13.2. The average Bonchev–Trinajstić information content (AvgIpc) is 3.13. The second kappa shape index (κ2) is 7.56. The minimum Gasteiger partial charge on any atom is -0.510 e. The molecule has 0 spiro atoms. The van der Waals surface area contributed by atoms with Crippen molar-refractivity contribution in [3.05, 3.63) is 57.3 Å². The van der Waals surface area contributed by atoms with E-state index in [4.69, 9.17) is 5.11 Å². The lowest BCUT2D eigenvalue weighted by molar-refractivity contribution is -0.143. The number of hydrogen-bond donors (Lipinski definition) is 2. The molecule has 3 rings (SSSR count). The maximum absolute atomic E-state index is 13.2. The van der Waals surface area contributed by atoms with Gasteiger partial charge in [0.1, 0.15) is 12.1 Å². The van der Waals surface area contributed by atoms with Crippen LogP contribution in [0.2, 0.25) is 0 Å². The zero-order chi connectivity index (χ0) is 23.1. The molecule has 13 heteroatoms. The quantitative estimate of drug-likeness (QED) is 0.596. The number of carboxylic acids is 1. The van der Waals surface area contributed by atoms with Gasteiger partial charge in [0.25, 0.3) is 0 Å². The van der Waals surface area contributed by atoms with Crippen LogP contribution in [0.4, 0.5) is 26.3 Å². The van der Waals surface area contributed by atoms with E-state index in [0.717, 1.165) is 10.8 Å². The number of rotatable bonds is 4. The van der Waals surface area contributed by atoms with Crippen molar-refractivity contribution < 1.29 is 41.4 Å². The number of benzene rings is 1. The van der Waals surface area contributed by atoms with E-state index in [1.807, 2.05) is 0 Å². The van der Waals surface area contributed by atoms with Gasteiger partial charge >= 0.3 is 18.3 Å². The molecule has 2 N–H and O–H groups in total. The van der Waals surface area contributed by atoms with E-state index in [0.29, 0.717) is 18.2 Å². The molecule has 0 amide bonds. The van der Waals surface area contributed by atoms with Gasteiger partial charge in [-0.25, -0.2) is 9.50 Å². The van der Waals surface area contributed by atoms with Gasteiger partial charge in [-0.15, -0.1) is 0 Å². The Labute approximate surface area is 167 Å². The van der Waals surface area contributed by atoms with Gasteiger partial charge in [0.15, 0.2) is 11.0 Å². The number of alkyl halides is 6. The van der Waals surface area contributed by atoms with Crippen molar-refractivity contribution >= 4 is 17.4 Å². The average molecular weight is 447 g/mol. The smallest absolute Gasteiger partial charge is 0.416 e. The number of aliphatic hydroxyl groups excluding tert-OH is 1. The lowest BCUT2D eigenvalue weighted by atomic mass is 9.99. The van der Waals surface area contributed by atoms with E-state index < -0.39 is 64.4 Å². The van der Waals surface area contributed by atoms with Crippen LogP contribution in [0.15, 0.2) is 35.4 Å². The fourth-order valence-electron chi connectivity index (χ4n) is 2.89. The molecular weight excluding hydrogens is 436 g/mol. The van der Waals surface area contributed by atoms with Gasteiger partial charge < -0.3 is 10.2 Å². The standard InChI is InChI=1S/C18H11F6N3O4/c19-17(20,21)9-3-8(4-10(5-9)18(22,23)24)11-6-13(29)15(12(28)1-2-14(30)31)27-16(11)25-7-26-27/h3-7,28H,1-2H2,(H,30,31). The Morgan fingerprint density at radius 1 is 0.935 bits per heavy atom. The summed E-state index contributed by atoms with van der Waals surface area (Å²) in [7, 11) is 0. The number of aliphatic hydroxyl groups is 1. The van der Waals surface area contributed by atoms with Crippen molar-refractivity contribution in [3.63, 3.8) is 0 Å². The highest BCUT2D eigenvalue weighted by Gasteiger charge is 2.37. The van der Waals surface area contributed by atoms with Crippen molar-refractivity contribution in [2.45, 2.75) is 25.2 Å². The first-order valence-electron chi connectivity index (χ1n) is 8.39. The van der Waals surface area contributed by atoms with E-state index >= 15 is 0 Å². The molecule has 0 fully saturated rings. The molecule has 1 aromatic carbocycles. The minimum atomic E-state index is -5.09. The number of pyridine rings is 1. The van der Waals surface area contributed by atoms with Crippen LogP contribution in [-0.4, -0.2) is 30.8 Å². The van der Waals surface area contributed by atoms with Gasteiger partial charge in [-0.1, -0.05) is 0 Å². The zero-order valence-electron chi connectivity index (χ0n) is 15.1. The monoisotopic (exact) mass is 447 g/mol. The summed E-state index contributed by atoms with van der Waals surface area (Å²) >= 11 is 0. The molecule has 0 radical (unpaired) electrons. The maximum Gasteiger partial charge on any atom is 0.416 e. The van der Waals surface area contributed by atoms with Crippen molar-refractivity contribution in [2.24, 2.45) is 0 Å². The summed E-state index contributed by atoms with van der Waals surface area (Å²) < 4.78 is 79.7. The van der Waals surface area contributed by atoms with E-state index in [1.54, 1.807) is 0 Å².